The summed E-state index contributed by atoms with van der Waals surface area (Å²) in [4.78, 5) is 37.7. The van der Waals surface area contributed by atoms with Gasteiger partial charge in [-0.2, -0.15) is 0 Å². The fourth-order valence-corrected chi connectivity index (χ4v) is 7.90. The van der Waals surface area contributed by atoms with E-state index in [0.29, 0.717) is 26.2 Å². The smallest absolute Gasteiger partial charge is 0.411 e. The molecule has 0 unspecified atom stereocenters. The number of benzene rings is 2. The number of hydrogen-bond acceptors (Lipinski definition) is 10. The predicted molar refractivity (Wildman–Crippen MR) is 146 cm³/mol. The van der Waals surface area contributed by atoms with Crippen LogP contribution in [0.2, 0.25) is 0 Å². The summed E-state index contributed by atoms with van der Waals surface area (Å²) in [5, 5.41) is 0. The Morgan fingerprint density at radius 3 is 1.53 bits per heavy atom. The van der Waals surface area contributed by atoms with E-state index in [2.05, 4.69) is 9.97 Å². The van der Waals surface area contributed by atoms with Gasteiger partial charge in [-0.15, -0.1) is 22.7 Å². The van der Waals surface area contributed by atoms with Crippen LogP contribution in [0, 0.1) is 0 Å². The van der Waals surface area contributed by atoms with Crippen LogP contribution in [-0.2, 0) is 9.47 Å². The molecule has 1 saturated heterocycles. The van der Waals surface area contributed by atoms with Gasteiger partial charge in [0, 0.05) is 26.2 Å². The van der Waals surface area contributed by atoms with Crippen LogP contribution in [0.15, 0.2) is 57.2 Å². The van der Waals surface area contributed by atoms with Crippen LogP contribution < -0.4 is 0 Å². The number of piperazine rings is 1. The zero-order chi connectivity index (χ0) is 25.1. The molecule has 36 heavy (non-hydrogen) atoms. The lowest BCUT2D eigenvalue weighted by atomic mass is 10.3. The molecule has 1 fully saturated rings. The zero-order valence-corrected chi connectivity index (χ0v) is 22.9. The van der Waals surface area contributed by atoms with Gasteiger partial charge in [-0.25, -0.2) is 19.6 Å². The number of aromatic nitrogens is 2. The Morgan fingerprint density at radius 2 is 1.14 bits per heavy atom. The highest BCUT2D eigenvalue weighted by atomic mass is 32.2. The van der Waals surface area contributed by atoms with E-state index in [9.17, 15) is 9.59 Å². The molecule has 1 aliphatic heterocycles. The SMILES string of the molecule is C[C@H](OC(=O)N1CCN(C(=O)O[C@@H](C)Sc2nc3ccccc3s2)CC1)Sc1nc2ccccc2s1. The summed E-state index contributed by atoms with van der Waals surface area (Å²) < 4.78 is 15.2. The molecule has 12 heteroatoms. The average molecular weight is 561 g/mol. The van der Waals surface area contributed by atoms with Crippen molar-refractivity contribution in [3.05, 3.63) is 48.5 Å². The minimum Gasteiger partial charge on any atom is -0.435 e. The van der Waals surface area contributed by atoms with E-state index >= 15 is 0 Å². The first-order valence-electron chi connectivity index (χ1n) is 11.4. The number of fused-ring (bicyclic) bond motifs is 2. The highest BCUT2D eigenvalue weighted by Crippen LogP contribution is 2.33. The summed E-state index contributed by atoms with van der Waals surface area (Å²) in [6, 6.07) is 15.9. The molecule has 0 bridgehead atoms. The Bertz CT molecular complexity index is 1200. The van der Waals surface area contributed by atoms with E-state index in [1.807, 2.05) is 62.4 Å². The third kappa shape index (κ3) is 6.05. The van der Waals surface area contributed by atoms with Crippen molar-refractivity contribution >= 4 is 78.8 Å². The summed E-state index contributed by atoms with van der Waals surface area (Å²) in [6.45, 7) is 5.26. The van der Waals surface area contributed by atoms with Gasteiger partial charge in [-0.1, -0.05) is 47.8 Å². The fourth-order valence-electron chi connectivity index (χ4n) is 3.64. The highest BCUT2D eigenvalue weighted by Gasteiger charge is 2.28. The van der Waals surface area contributed by atoms with Crippen molar-refractivity contribution in [2.45, 2.75) is 33.4 Å². The van der Waals surface area contributed by atoms with E-state index in [0.717, 1.165) is 29.1 Å². The second kappa shape index (κ2) is 11.2. The Balaban J connectivity index is 1.06. The molecule has 0 spiro atoms. The largest absolute Gasteiger partial charge is 0.435 e. The van der Waals surface area contributed by atoms with Gasteiger partial charge < -0.3 is 19.3 Å². The van der Waals surface area contributed by atoms with Crippen LogP contribution in [0.25, 0.3) is 20.4 Å². The molecule has 2 atom stereocenters. The number of thioether (sulfide) groups is 2. The van der Waals surface area contributed by atoms with Gasteiger partial charge in [-0.05, 0) is 38.1 Å². The van der Waals surface area contributed by atoms with Crippen LogP contribution in [0.3, 0.4) is 0 Å². The van der Waals surface area contributed by atoms with Crippen LogP contribution in [0.5, 0.6) is 0 Å². The van der Waals surface area contributed by atoms with Crippen molar-refractivity contribution in [3.8, 4) is 0 Å². The number of para-hydroxylation sites is 2. The lowest BCUT2D eigenvalue weighted by Gasteiger charge is -2.34. The fraction of sp³-hybridized carbons (Fsp3) is 0.333. The van der Waals surface area contributed by atoms with E-state index < -0.39 is 0 Å². The number of ether oxygens (including phenoxy) is 2. The van der Waals surface area contributed by atoms with Crippen molar-refractivity contribution in [3.63, 3.8) is 0 Å². The summed E-state index contributed by atoms with van der Waals surface area (Å²) in [5.41, 5.74) is 1.14. The molecule has 8 nitrogen and oxygen atoms in total. The lowest BCUT2D eigenvalue weighted by molar-refractivity contribution is 0.0569. The highest BCUT2D eigenvalue weighted by molar-refractivity contribution is 8.01. The quantitative estimate of drug-likeness (QED) is 0.199. The molecule has 0 saturated carbocycles. The Kier molecular flexibility index (Phi) is 7.85. The molecule has 5 rings (SSSR count). The molecule has 2 aromatic heterocycles. The second-order valence-corrected chi connectivity index (χ2v) is 13.2. The van der Waals surface area contributed by atoms with Gasteiger partial charge in [0.05, 0.1) is 20.4 Å². The molecule has 4 aromatic rings. The first-order chi connectivity index (χ1) is 17.4. The van der Waals surface area contributed by atoms with Crippen LogP contribution in [0.1, 0.15) is 13.8 Å². The Hall–Kier alpha value is -2.54. The topological polar surface area (TPSA) is 84.9 Å². The number of nitrogens with zero attached hydrogens (tertiary/aromatic N) is 4. The maximum absolute atomic E-state index is 12.6. The molecule has 2 aromatic carbocycles. The van der Waals surface area contributed by atoms with E-state index in [4.69, 9.17) is 9.47 Å². The first-order valence-corrected chi connectivity index (χ1v) is 14.8. The normalized spacial score (nSPS) is 15.7. The number of thiazole rings is 2. The van der Waals surface area contributed by atoms with Crippen molar-refractivity contribution in [1.29, 1.82) is 0 Å². The molecule has 3 heterocycles. The third-order valence-electron chi connectivity index (χ3n) is 5.41. The molecule has 0 aliphatic carbocycles. The molecule has 0 N–H and O–H groups in total. The minimum atomic E-state index is -0.385. The van der Waals surface area contributed by atoms with E-state index in [-0.39, 0.29) is 23.1 Å². The van der Waals surface area contributed by atoms with Gasteiger partial charge in [0.2, 0.25) is 0 Å². The van der Waals surface area contributed by atoms with Gasteiger partial charge >= 0.3 is 12.2 Å². The van der Waals surface area contributed by atoms with Crippen molar-refractivity contribution in [1.82, 2.24) is 19.8 Å². The average Bonchev–Trinajstić information content (AvgIpc) is 3.46. The molecule has 188 valence electrons. The minimum absolute atomic E-state index is 0.374. The third-order valence-corrected chi connectivity index (χ3v) is 9.59. The van der Waals surface area contributed by atoms with Crippen LogP contribution in [0.4, 0.5) is 9.59 Å². The molecular formula is C24H24N4O4S4. The number of carbonyl (C=O) groups excluding carboxylic acids is 2. The Morgan fingerprint density at radius 1 is 0.750 bits per heavy atom. The van der Waals surface area contributed by atoms with Crippen LogP contribution in [-0.4, -0.2) is 69.0 Å². The van der Waals surface area contributed by atoms with Crippen molar-refractivity contribution in [2.24, 2.45) is 0 Å². The maximum Gasteiger partial charge on any atom is 0.411 e. The molecule has 2 amide bonds. The zero-order valence-electron chi connectivity index (χ0n) is 19.7. The monoisotopic (exact) mass is 560 g/mol. The van der Waals surface area contributed by atoms with Gasteiger partial charge in [0.15, 0.2) is 19.6 Å². The summed E-state index contributed by atoms with van der Waals surface area (Å²) in [6.07, 6.45) is -0.771. The number of carbonyl (C=O) groups is 2. The molecular weight excluding hydrogens is 537 g/mol. The predicted octanol–water partition coefficient (Wildman–Crippen LogP) is 6.37. The first kappa shape index (κ1) is 25.1. The maximum atomic E-state index is 12.6. The second-order valence-electron chi connectivity index (χ2n) is 8.01. The number of hydrogen-bond donors (Lipinski definition) is 0. The van der Waals surface area contributed by atoms with Crippen molar-refractivity contribution in [2.75, 3.05) is 26.2 Å². The van der Waals surface area contributed by atoms with Crippen molar-refractivity contribution < 1.29 is 19.1 Å². The van der Waals surface area contributed by atoms with Gasteiger partial charge in [0.1, 0.15) is 0 Å². The molecule has 1 aliphatic rings. The standard InChI is InChI=1S/C24H24N4O4S4/c1-15(33-21-25-17-7-3-5-9-19(17)35-21)31-23(29)27-11-13-28(14-12-27)24(30)32-16(2)34-22-26-18-8-4-6-10-20(18)36-22/h3-10,15-16H,11-14H2,1-2H3/t15-,16-/m1/s1. The number of rotatable bonds is 6. The lowest BCUT2D eigenvalue weighted by Crippen LogP contribution is -2.51. The van der Waals surface area contributed by atoms with E-state index in [1.165, 1.54) is 23.5 Å². The molecule has 0 radical (unpaired) electrons. The van der Waals surface area contributed by atoms with Gasteiger partial charge in [0.25, 0.3) is 0 Å². The Labute approximate surface area is 225 Å². The summed E-state index contributed by atoms with van der Waals surface area (Å²) >= 11 is 6.01. The van der Waals surface area contributed by atoms with Gasteiger partial charge in [-0.3, -0.25) is 0 Å². The summed E-state index contributed by atoms with van der Waals surface area (Å²) in [7, 11) is 0. The van der Waals surface area contributed by atoms with E-state index in [1.54, 1.807) is 32.5 Å². The number of amides is 2. The van der Waals surface area contributed by atoms with Crippen LogP contribution >= 0.6 is 46.2 Å². The summed E-state index contributed by atoms with van der Waals surface area (Å²) in [5.74, 6) is 0.